The molecule has 1 fully saturated rings. The zero-order valence-electron chi connectivity index (χ0n) is 8.44. The van der Waals surface area contributed by atoms with Crippen molar-refractivity contribution in [2.45, 2.75) is 38.5 Å². The predicted octanol–water partition coefficient (Wildman–Crippen LogP) is 5.29. The topological polar surface area (TPSA) is 0 Å². The lowest BCUT2D eigenvalue weighted by Gasteiger charge is -2.12. The van der Waals surface area contributed by atoms with E-state index in [1.54, 1.807) is 0 Å². The van der Waals surface area contributed by atoms with Crippen LogP contribution in [0.5, 0.6) is 0 Å². The lowest BCUT2D eigenvalue weighted by molar-refractivity contribution is 0.511. The summed E-state index contributed by atoms with van der Waals surface area (Å²) < 4.78 is 1.20. The van der Waals surface area contributed by atoms with E-state index >= 15 is 0 Å². The highest BCUT2D eigenvalue weighted by Gasteiger charge is 2.39. The molecule has 3 heteroatoms. The third-order valence-electron chi connectivity index (χ3n) is 2.96. The van der Waals surface area contributed by atoms with Crippen LogP contribution in [0, 0.1) is 12.3 Å². The Morgan fingerprint density at radius 3 is 2.71 bits per heavy atom. The lowest BCUT2D eigenvalue weighted by Crippen LogP contribution is -1.97. The summed E-state index contributed by atoms with van der Waals surface area (Å²) in [7, 11) is 0. The Morgan fingerprint density at radius 1 is 1.64 bits per heavy atom. The van der Waals surface area contributed by atoms with Crippen LogP contribution in [-0.4, -0.2) is 0 Å². The summed E-state index contributed by atoms with van der Waals surface area (Å²) in [5, 5.41) is 0.206. The molecule has 0 bridgehead atoms. The molecule has 1 atom stereocenters. The molecule has 2 rings (SSSR count). The van der Waals surface area contributed by atoms with Gasteiger partial charge in [-0.05, 0) is 53.6 Å². The quantitative estimate of drug-likeness (QED) is 0.664. The van der Waals surface area contributed by atoms with E-state index in [9.17, 15) is 0 Å². The first-order chi connectivity index (χ1) is 6.50. The summed E-state index contributed by atoms with van der Waals surface area (Å²) in [6, 6.07) is 2.17. The lowest BCUT2D eigenvalue weighted by atomic mass is 10.0. The molecule has 0 aromatic carbocycles. The molecule has 1 aliphatic rings. The van der Waals surface area contributed by atoms with Crippen LogP contribution in [-0.2, 0) is 0 Å². The second kappa shape index (κ2) is 3.80. The Balaban J connectivity index is 2.06. The van der Waals surface area contributed by atoms with Crippen LogP contribution in [0.1, 0.15) is 41.3 Å². The number of hydrogen-bond donors (Lipinski definition) is 0. The standard InChI is InChI=1S/C11H14BrClS/c1-7-8(12)5-10(14-7)9(13)6-11(2)3-4-11/h5,9H,3-4,6H2,1-2H3. The predicted molar refractivity (Wildman–Crippen MR) is 67.3 cm³/mol. The van der Waals surface area contributed by atoms with E-state index < -0.39 is 0 Å². The normalized spacial score (nSPS) is 20.9. The Labute approximate surface area is 103 Å². The van der Waals surface area contributed by atoms with Crippen LogP contribution in [0.4, 0.5) is 0 Å². The molecule has 0 N–H and O–H groups in total. The Bertz CT molecular complexity index is 322. The third-order valence-corrected chi connectivity index (χ3v) is 5.73. The smallest absolute Gasteiger partial charge is 0.0684 e. The molecule has 1 saturated carbocycles. The molecule has 0 spiro atoms. The number of halogens is 2. The first-order valence-corrected chi connectivity index (χ1v) is 6.95. The van der Waals surface area contributed by atoms with Crippen molar-refractivity contribution in [3.63, 3.8) is 0 Å². The Kier molecular flexibility index (Phi) is 2.98. The summed E-state index contributed by atoms with van der Waals surface area (Å²) in [4.78, 5) is 2.63. The Morgan fingerprint density at radius 2 is 2.29 bits per heavy atom. The van der Waals surface area contributed by atoms with Gasteiger partial charge in [0.2, 0.25) is 0 Å². The number of thiophene rings is 1. The highest BCUT2D eigenvalue weighted by Crippen LogP contribution is 2.53. The minimum atomic E-state index is 0.206. The van der Waals surface area contributed by atoms with Gasteiger partial charge >= 0.3 is 0 Å². The van der Waals surface area contributed by atoms with E-state index in [4.69, 9.17) is 11.6 Å². The molecule has 78 valence electrons. The van der Waals surface area contributed by atoms with Gasteiger partial charge in [-0.3, -0.25) is 0 Å². The summed E-state index contributed by atoms with van der Waals surface area (Å²) in [6.45, 7) is 4.46. The fourth-order valence-electron chi connectivity index (χ4n) is 1.59. The van der Waals surface area contributed by atoms with Crippen LogP contribution in [0.2, 0.25) is 0 Å². The molecule has 0 saturated heterocycles. The fraction of sp³-hybridized carbons (Fsp3) is 0.636. The number of hydrogen-bond acceptors (Lipinski definition) is 1. The second-order valence-corrected chi connectivity index (χ2v) is 7.20. The second-order valence-electron chi connectivity index (χ2n) is 4.54. The molecule has 1 aromatic heterocycles. The van der Waals surface area contributed by atoms with Crippen molar-refractivity contribution in [3.8, 4) is 0 Å². The van der Waals surface area contributed by atoms with Gasteiger partial charge in [0.1, 0.15) is 0 Å². The van der Waals surface area contributed by atoms with Gasteiger partial charge in [-0.2, -0.15) is 0 Å². The monoisotopic (exact) mass is 292 g/mol. The van der Waals surface area contributed by atoms with Crippen LogP contribution in [0.15, 0.2) is 10.5 Å². The van der Waals surface area contributed by atoms with E-state index in [1.165, 1.54) is 27.1 Å². The van der Waals surface area contributed by atoms with Crippen molar-refractivity contribution in [3.05, 3.63) is 20.3 Å². The largest absolute Gasteiger partial charge is 0.143 e. The molecule has 14 heavy (non-hydrogen) atoms. The van der Waals surface area contributed by atoms with E-state index in [0.29, 0.717) is 5.41 Å². The van der Waals surface area contributed by atoms with Crippen LogP contribution in [0.25, 0.3) is 0 Å². The highest BCUT2D eigenvalue weighted by atomic mass is 79.9. The minimum Gasteiger partial charge on any atom is -0.143 e. The Hall–Kier alpha value is 0.470. The number of aryl methyl sites for hydroxylation is 1. The summed E-state index contributed by atoms with van der Waals surface area (Å²) >= 11 is 11.7. The maximum atomic E-state index is 6.41. The van der Waals surface area contributed by atoms with Crippen LogP contribution < -0.4 is 0 Å². The van der Waals surface area contributed by atoms with Crippen molar-refractivity contribution in [2.75, 3.05) is 0 Å². The van der Waals surface area contributed by atoms with E-state index in [0.717, 1.165) is 6.42 Å². The van der Waals surface area contributed by atoms with E-state index in [1.807, 2.05) is 11.3 Å². The van der Waals surface area contributed by atoms with Gasteiger partial charge in [0.05, 0.1) is 5.38 Å². The molecule has 0 radical (unpaired) electrons. The summed E-state index contributed by atoms with van der Waals surface area (Å²) in [5.41, 5.74) is 0.538. The van der Waals surface area contributed by atoms with Crippen molar-refractivity contribution >= 4 is 38.9 Å². The molecule has 1 aromatic rings. The molecular weight excluding hydrogens is 280 g/mol. The van der Waals surface area contributed by atoms with E-state index in [-0.39, 0.29) is 5.38 Å². The van der Waals surface area contributed by atoms with E-state index in [2.05, 4.69) is 35.8 Å². The van der Waals surface area contributed by atoms with Crippen LogP contribution >= 0.6 is 38.9 Å². The molecule has 1 heterocycles. The summed E-state index contributed by atoms with van der Waals surface area (Å²) in [6.07, 6.45) is 3.82. The zero-order chi connectivity index (χ0) is 10.3. The summed E-state index contributed by atoms with van der Waals surface area (Å²) in [5.74, 6) is 0. The maximum absolute atomic E-state index is 6.41. The highest BCUT2D eigenvalue weighted by molar-refractivity contribution is 9.10. The molecule has 0 aliphatic heterocycles. The van der Waals surface area contributed by atoms with Crippen molar-refractivity contribution in [1.29, 1.82) is 0 Å². The average molecular weight is 294 g/mol. The first-order valence-electron chi connectivity index (χ1n) is 4.90. The molecule has 0 nitrogen and oxygen atoms in total. The van der Waals surface area contributed by atoms with Gasteiger partial charge in [-0.1, -0.05) is 6.92 Å². The third kappa shape index (κ3) is 2.34. The maximum Gasteiger partial charge on any atom is 0.0684 e. The van der Waals surface area contributed by atoms with Gasteiger partial charge < -0.3 is 0 Å². The fourth-order valence-corrected chi connectivity index (χ4v) is 3.69. The zero-order valence-corrected chi connectivity index (χ0v) is 11.6. The average Bonchev–Trinajstić information content (AvgIpc) is 2.71. The molecule has 0 amide bonds. The van der Waals surface area contributed by atoms with Gasteiger partial charge in [-0.15, -0.1) is 22.9 Å². The number of rotatable bonds is 3. The SMILES string of the molecule is Cc1sc(C(Cl)CC2(C)CC2)cc1Br. The van der Waals surface area contributed by atoms with Crippen molar-refractivity contribution in [1.82, 2.24) is 0 Å². The van der Waals surface area contributed by atoms with Gasteiger partial charge in [0.15, 0.2) is 0 Å². The van der Waals surface area contributed by atoms with Crippen molar-refractivity contribution < 1.29 is 0 Å². The molecular formula is C11H14BrClS. The molecule has 1 aliphatic carbocycles. The van der Waals surface area contributed by atoms with Crippen molar-refractivity contribution in [2.24, 2.45) is 5.41 Å². The molecule has 1 unspecified atom stereocenters. The van der Waals surface area contributed by atoms with Crippen LogP contribution in [0.3, 0.4) is 0 Å². The van der Waals surface area contributed by atoms with Gasteiger partial charge in [0, 0.05) is 14.2 Å². The van der Waals surface area contributed by atoms with Gasteiger partial charge in [0.25, 0.3) is 0 Å². The minimum absolute atomic E-state index is 0.206. The van der Waals surface area contributed by atoms with Gasteiger partial charge in [-0.25, -0.2) is 0 Å². The number of alkyl halides is 1. The first kappa shape index (κ1) is 11.0.